The molecule has 0 aliphatic heterocycles. The summed E-state index contributed by atoms with van der Waals surface area (Å²) in [6.07, 6.45) is 4.80. The SMILES string of the molecule is CCOC(=O)C=Cc1ccc(CCCO)cc1. The minimum atomic E-state index is -0.322. The molecule has 0 aliphatic rings. The van der Waals surface area contributed by atoms with E-state index >= 15 is 0 Å². The summed E-state index contributed by atoms with van der Waals surface area (Å²) in [5, 5.41) is 8.72. The molecule has 1 aromatic rings. The van der Waals surface area contributed by atoms with E-state index < -0.39 is 0 Å². The van der Waals surface area contributed by atoms with Gasteiger partial charge in [0.1, 0.15) is 0 Å². The number of carbonyl (C=O) groups is 1. The fraction of sp³-hybridized carbons (Fsp3) is 0.357. The summed E-state index contributed by atoms with van der Waals surface area (Å²) in [6.45, 7) is 2.38. The molecule has 0 fully saturated rings. The van der Waals surface area contributed by atoms with Crippen LogP contribution >= 0.6 is 0 Å². The van der Waals surface area contributed by atoms with Gasteiger partial charge in [-0.25, -0.2) is 4.79 Å². The van der Waals surface area contributed by atoms with Crippen molar-refractivity contribution in [3.8, 4) is 0 Å². The van der Waals surface area contributed by atoms with Gasteiger partial charge in [0.2, 0.25) is 0 Å². The van der Waals surface area contributed by atoms with E-state index in [9.17, 15) is 4.79 Å². The molecule has 1 rings (SSSR count). The molecule has 0 radical (unpaired) electrons. The predicted octanol–water partition coefficient (Wildman–Crippen LogP) is 2.19. The Labute approximate surface area is 102 Å². The van der Waals surface area contributed by atoms with Crippen LogP contribution in [-0.4, -0.2) is 24.3 Å². The summed E-state index contributed by atoms with van der Waals surface area (Å²) in [5.74, 6) is -0.322. The van der Waals surface area contributed by atoms with Crippen LogP contribution in [0.4, 0.5) is 0 Å². The highest BCUT2D eigenvalue weighted by molar-refractivity contribution is 5.86. The Kier molecular flexibility index (Phi) is 6.04. The number of aliphatic hydroxyl groups excluding tert-OH is 1. The van der Waals surface area contributed by atoms with Crippen LogP contribution in [-0.2, 0) is 16.0 Å². The van der Waals surface area contributed by atoms with E-state index in [0.717, 1.165) is 18.4 Å². The maximum Gasteiger partial charge on any atom is 0.330 e. The Balaban J connectivity index is 2.53. The van der Waals surface area contributed by atoms with E-state index in [4.69, 9.17) is 9.84 Å². The second kappa shape index (κ2) is 7.63. The molecule has 0 spiro atoms. The molecule has 0 aliphatic carbocycles. The molecule has 0 aromatic heterocycles. The van der Waals surface area contributed by atoms with Crippen LogP contribution in [0.25, 0.3) is 6.08 Å². The van der Waals surface area contributed by atoms with E-state index in [1.54, 1.807) is 13.0 Å². The summed E-state index contributed by atoms with van der Waals surface area (Å²) in [5.41, 5.74) is 2.15. The topological polar surface area (TPSA) is 46.5 Å². The van der Waals surface area contributed by atoms with Gasteiger partial charge >= 0.3 is 5.97 Å². The fourth-order valence-electron chi connectivity index (χ4n) is 1.43. The summed E-state index contributed by atoms with van der Waals surface area (Å²) >= 11 is 0. The fourth-order valence-corrected chi connectivity index (χ4v) is 1.43. The van der Waals surface area contributed by atoms with E-state index in [1.807, 2.05) is 24.3 Å². The summed E-state index contributed by atoms with van der Waals surface area (Å²) in [7, 11) is 0. The first-order chi connectivity index (χ1) is 8.26. The number of hydrogen-bond donors (Lipinski definition) is 1. The van der Waals surface area contributed by atoms with Crippen LogP contribution in [0.15, 0.2) is 30.3 Å². The third-order valence-electron chi connectivity index (χ3n) is 2.30. The van der Waals surface area contributed by atoms with E-state index in [0.29, 0.717) is 6.61 Å². The first-order valence-corrected chi connectivity index (χ1v) is 5.81. The Morgan fingerprint density at radius 3 is 2.65 bits per heavy atom. The highest BCUT2D eigenvalue weighted by Crippen LogP contribution is 2.08. The Hall–Kier alpha value is -1.61. The zero-order valence-corrected chi connectivity index (χ0v) is 10.1. The standard InChI is InChI=1S/C14H18O3/c1-2-17-14(16)10-9-13-7-5-12(6-8-13)4-3-11-15/h5-10,15H,2-4,11H2,1H3. The molecule has 17 heavy (non-hydrogen) atoms. The third kappa shape index (κ3) is 5.31. The van der Waals surface area contributed by atoms with Gasteiger partial charge in [-0.1, -0.05) is 24.3 Å². The molecule has 1 aromatic carbocycles. The van der Waals surface area contributed by atoms with Gasteiger partial charge in [-0.15, -0.1) is 0 Å². The van der Waals surface area contributed by atoms with Crippen molar-refractivity contribution in [1.29, 1.82) is 0 Å². The van der Waals surface area contributed by atoms with Crippen molar-refractivity contribution in [1.82, 2.24) is 0 Å². The summed E-state index contributed by atoms with van der Waals surface area (Å²) < 4.78 is 4.79. The average molecular weight is 234 g/mol. The number of aliphatic hydroxyl groups is 1. The lowest BCUT2D eigenvalue weighted by atomic mass is 10.1. The Bertz CT molecular complexity index is 366. The van der Waals surface area contributed by atoms with Crippen LogP contribution in [0.5, 0.6) is 0 Å². The number of hydrogen-bond acceptors (Lipinski definition) is 3. The molecule has 3 nitrogen and oxygen atoms in total. The van der Waals surface area contributed by atoms with Crippen LogP contribution in [0.1, 0.15) is 24.5 Å². The molecule has 0 saturated heterocycles. The van der Waals surface area contributed by atoms with E-state index in [2.05, 4.69) is 0 Å². The zero-order chi connectivity index (χ0) is 12.5. The molecule has 0 saturated carbocycles. The molecular weight excluding hydrogens is 216 g/mol. The molecule has 0 atom stereocenters. The number of rotatable bonds is 6. The van der Waals surface area contributed by atoms with Crippen molar-refractivity contribution in [2.24, 2.45) is 0 Å². The van der Waals surface area contributed by atoms with Gasteiger partial charge in [0, 0.05) is 12.7 Å². The van der Waals surface area contributed by atoms with Gasteiger partial charge in [0.15, 0.2) is 0 Å². The molecule has 3 heteroatoms. The number of aryl methyl sites for hydroxylation is 1. The normalized spacial score (nSPS) is 10.7. The Morgan fingerprint density at radius 1 is 1.35 bits per heavy atom. The highest BCUT2D eigenvalue weighted by atomic mass is 16.5. The average Bonchev–Trinajstić information content (AvgIpc) is 2.35. The van der Waals surface area contributed by atoms with Crippen LogP contribution < -0.4 is 0 Å². The van der Waals surface area contributed by atoms with Crippen molar-refractivity contribution in [3.63, 3.8) is 0 Å². The van der Waals surface area contributed by atoms with Crippen LogP contribution in [0.3, 0.4) is 0 Å². The van der Waals surface area contributed by atoms with Crippen molar-refractivity contribution in [3.05, 3.63) is 41.5 Å². The maximum absolute atomic E-state index is 11.1. The second-order valence-corrected chi connectivity index (χ2v) is 3.65. The molecule has 1 N–H and O–H groups in total. The van der Waals surface area contributed by atoms with Gasteiger partial charge in [0.25, 0.3) is 0 Å². The lowest BCUT2D eigenvalue weighted by molar-refractivity contribution is -0.137. The number of ether oxygens (including phenoxy) is 1. The van der Waals surface area contributed by atoms with E-state index in [1.165, 1.54) is 11.6 Å². The smallest absolute Gasteiger partial charge is 0.330 e. The monoisotopic (exact) mass is 234 g/mol. The summed E-state index contributed by atoms with van der Waals surface area (Å²) in [4.78, 5) is 11.1. The van der Waals surface area contributed by atoms with Crippen molar-refractivity contribution < 1.29 is 14.6 Å². The number of esters is 1. The predicted molar refractivity (Wildman–Crippen MR) is 67.5 cm³/mol. The minimum Gasteiger partial charge on any atom is -0.463 e. The van der Waals surface area contributed by atoms with Gasteiger partial charge in [-0.05, 0) is 37.0 Å². The van der Waals surface area contributed by atoms with Gasteiger partial charge in [-0.2, -0.15) is 0 Å². The van der Waals surface area contributed by atoms with Crippen molar-refractivity contribution >= 4 is 12.0 Å². The maximum atomic E-state index is 11.1. The minimum absolute atomic E-state index is 0.213. The lowest BCUT2D eigenvalue weighted by Gasteiger charge is -2.00. The molecule has 92 valence electrons. The number of carbonyl (C=O) groups excluding carboxylic acids is 1. The molecule has 0 amide bonds. The Morgan fingerprint density at radius 2 is 2.06 bits per heavy atom. The van der Waals surface area contributed by atoms with Gasteiger partial charge in [0.05, 0.1) is 6.61 Å². The zero-order valence-electron chi connectivity index (χ0n) is 10.1. The quantitative estimate of drug-likeness (QED) is 0.606. The summed E-state index contributed by atoms with van der Waals surface area (Å²) in [6, 6.07) is 7.89. The highest BCUT2D eigenvalue weighted by Gasteiger charge is 1.95. The number of benzene rings is 1. The molecule has 0 unspecified atom stereocenters. The second-order valence-electron chi connectivity index (χ2n) is 3.65. The molecule has 0 heterocycles. The third-order valence-corrected chi connectivity index (χ3v) is 2.30. The van der Waals surface area contributed by atoms with E-state index in [-0.39, 0.29) is 12.6 Å². The first kappa shape index (κ1) is 13.5. The largest absolute Gasteiger partial charge is 0.463 e. The van der Waals surface area contributed by atoms with Crippen molar-refractivity contribution in [2.75, 3.05) is 13.2 Å². The lowest BCUT2D eigenvalue weighted by Crippen LogP contribution is -1.98. The van der Waals surface area contributed by atoms with Crippen LogP contribution in [0, 0.1) is 0 Å². The van der Waals surface area contributed by atoms with Crippen molar-refractivity contribution in [2.45, 2.75) is 19.8 Å². The van der Waals surface area contributed by atoms with Gasteiger partial charge in [-0.3, -0.25) is 0 Å². The van der Waals surface area contributed by atoms with Gasteiger partial charge < -0.3 is 9.84 Å². The molecular formula is C14H18O3. The first-order valence-electron chi connectivity index (χ1n) is 5.81. The van der Waals surface area contributed by atoms with Crippen LogP contribution in [0.2, 0.25) is 0 Å². The molecule has 0 bridgehead atoms.